The maximum absolute atomic E-state index is 13.0. The summed E-state index contributed by atoms with van der Waals surface area (Å²) in [7, 11) is 0. The Labute approximate surface area is 291 Å². The third-order valence-electron chi connectivity index (χ3n) is 8.46. The predicted octanol–water partition coefficient (Wildman–Crippen LogP) is -4.03. The minimum atomic E-state index is -1.62. The summed E-state index contributed by atoms with van der Waals surface area (Å²) in [6.45, 7) is 4.02. The second-order valence-electron chi connectivity index (χ2n) is 12.6. The van der Waals surface area contributed by atoms with E-state index in [1.54, 1.807) is 38.1 Å². The molecule has 276 valence electrons. The standard InChI is InChI=1S/C32H41N7O12/c1-15(2)24(36-20(40)10-11-33-21(41)12-38-22(42)8-9-23(38)43)30(48)34-16(3)29(47)35-18-6-4-17(5-7-18)13-51-14-19-25(44)26(45)27(46)28-37-31(49)32(50)39(19)28/h4-9,15-16,19,24-28,44-46H,10-14H2,1-3H3,(H,33,41)(H,34,48)(H,35,47)(H,36,40)(H,37,49)/t16-,19+,24?,25+,26-,27-,28-/m0/s1. The number of aliphatic hydroxyl groups is 3. The van der Waals surface area contributed by atoms with Gasteiger partial charge in [-0.25, -0.2) is 0 Å². The summed E-state index contributed by atoms with van der Waals surface area (Å²) in [5.74, 6) is -5.84. The van der Waals surface area contributed by atoms with Gasteiger partial charge in [0, 0.05) is 30.8 Å². The number of nitrogens with one attached hydrogen (secondary N) is 5. The molecule has 19 nitrogen and oxygen atoms in total. The van der Waals surface area contributed by atoms with Crippen molar-refractivity contribution in [3.8, 4) is 0 Å². The lowest BCUT2D eigenvalue weighted by molar-refractivity contribution is -0.178. The van der Waals surface area contributed by atoms with Gasteiger partial charge in [-0.1, -0.05) is 26.0 Å². The zero-order chi connectivity index (χ0) is 37.6. The van der Waals surface area contributed by atoms with Crippen LogP contribution in [0.5, 0.6) is 0 Å². The van der Waals surface area contributed by atoms with Crippen LogP contribution in [-0.2, 0) is 49.7 Å². The van der Waals surface area contributed by atoms with E-state index in [4.69, 9.17) is 4.74 Å². The lowest BCUT2D eigenvalue weighted by Crippen LogP contribution is -2.68. The fourth-order valence-electron chi connectivity index (χ4n) is 5.56. The van der Waals surface area contributed by atoms with Gasteiger partial charge in [-0.3, -0.25) is 43.3 Å². The van der Waals surface area contributed by atoms with Crippen molar-refractivity contribution in [1.29, 1.82) is 0 Å². The van der Waals surface area contributed by atoms with Crippen LogP contribution in [0.2, 0.25) is 0 Å². The van der Waals surface area contributed by atoms with E-state index in [9.17, 15) is 53.7 Å². The molecule has 8 N–H and O–H groups in total. The Balaban J connectivity index is 1.19. The van der Waals surface area contributed by atoms with Gasteiger partial charge in [0.05, 0.1) is 19.3 Å². The van der Waals surface area contributed by atoms with E-state index in [2.05, 4.69) is 26.6 Å². The Morgan fingerprint density at radius 3 is 2.14 bits per heavy atom. The fourth-order valence-corrected chi connectivity index (χ4v) is 5.56. The van der Waals surface area contributed by atoms with Gasteiger partial charge < -0.3 is 51.5 Å². The molecule has 2 saturated heterocycles. The number of aliphatic hydroxyl groups excluding tert-OH is 3. The van der Waals surface area contributed by atoms with E-state index in [1.807, 2.05) is 0 Å². The number of rotatable bonds is 15. The normalized spacial score (nSPS) is 23.9. The topological polar surface area (TPSA) is 273 Å². The lowest BCUT2D eigenvalue weighted by atomic mass is 9.92. The molecule has 0 spiro atoms. The molecule has 2 fully saturated rings. The molecule has 51 heavy (non-hydrogen) atoms. The van der Waals surface area contributed by atoms with Crippen LogP contribution in [0.15, 0.2) is 36.4 Å². The number of ether oxygens (including phenoxy) is 1. The number of fused-ring (bicyclic) bond motifs is 1. The molecular weight excluding hydrogens is 674 g/mol. The van der Waals surface area contributed by atoms with Crippen molar-refractivity contribution in [2.75, 3.05) is 25.0 Å². The number of hydrogen-bond donors (Lipinski definition) is 8. The average Bonchev–Trinajstić information content (AvgIpc) is 3.56. The molecule has 0 aliphatic carbocycles. The molecule has 0 saturated carbocycles. The van der Waals surface area contributed by atoms with Gasteiger partial charge in [0.1, 0.15) is 43.1 Å². The average molecular weight is 716 g/mol. The van der Waals surface area contributed by atoms with Crippen LogP contribution in [0.4, 0.5) is 5.69 Å². The summed E-state index contributed by atoms with van der Waals surface area (Å²) >= 11 is 0. The summed E-state index contributed by atoms with van der Waals surface area (Å²) < 4.78 is 5.65. The molecule has 7 atom stereocenters. The quantitative estimate of drug-likeness (QED) is 0.0637. The summed E-state index contributed by atoms with van der Waals surface area (Å²) in [6, 6.07) is 3.34. The van der Waals surface area contributed by atoms with Crippen molar-refractivity contribution in [3.63, 3.8) is 0 Å². The number of amides is 8. The van der Waals surface area contributed by atoms with Gasteiger partial charge in [0.15, 0.2) is 0 Å². The van der Waals surface area contributed by atoms with Crippen LogP contribution in [0.3, 0.4) is 0 Å². The Morgan fingerprint density at radius 1 is 0.863 bits per heavy atom. The van der Waals surface area contributed by atoms with Crippen LogP contribution < -0.4 is 26.6 Å². The van der Waals surface area contributed by atoms with Gasteiger partial charge >= 0.3 is 11.8 Å². The molecule has 0 bridgehead atoms. The number of carbonyl (C=O) groups excluding carboxylic acids is 8. The molecule has 8 amide bonds. The third-order valence-corrected chi connectivity index (χ3v) is 8.46. The zero-order valence-electron chi connectivity index (χ0n) is 28.0. The number of anilines is 1. The Hall–Kier alpha value is -5.24. The van der Waals surface area contributed by atoms with Crippen LogP contribution in [0.1, 0.15) is 32.8 Å². The molecule has 0 radical (unpaired) electrons. The maximum atomic E-state index is 13.0. The third kappa shape index (κ3) is 9.31. The highest BCUT2D eigenvalue weighted by atomic mass is 16.5. The van der Waals surface area contributed by atoms with Crippen LogP contribution in [-0.4, -0.2) is 135 Å². The molecule has 3 aliphatic rings. The molecule has 1 unspecified atom stereocenters. The first kappa shape index (κ1) is 38.6. The van der Waals surface area contributed by atoms with E-state index >= 15 is 0 Å². The lowest BCUT2D eigenvalue weighted by Gasteiger charge is -2.44. The molecular formula is C32H41N7O12. The molecule has 0 aromatic heterocycles. The van der Waals surface area contributed by atoms with E-state index in [1.165, 1.54) is 6.92 Å². The minimum absolute atomic E-state index is 0.00361. The van der Waals surface area contributed by atoms with Crippen molar-refractivity contribution in [2.24, 2.45) is 5.92 Å². The second-order valence-corrected chi connectivity index (χ2v) is 12.6. The summed E-state index contributed by atoms with van der Waals surface area (Å²) in [5.41, 5.74) is 1.04. The van der Waals surface area contributed by atoms with E-state index < -0.39 is 96.4 Å². The Bertz CT molecular complexity index is 1560. The van der Waals surface area contributed by atoms with Crippen LogP contribution in [0, 0.1) is 5.92 Å². The number of carbonyl (C=O) groups is 8. The minimum Gasteiger partial charge on any atom is -0.388 e. The van der Waals surface area contributed by atoms with Crippen molar-refractivity contribution >= 4 is 52.9 Å². The predicted molar refractivity (Wildman–Crippen MR) is 173 cm³/mol. The first-order chi connectivity index (χ1) is 24.1. The van der Waals surface area contributed by atoms with Gasteiger partial charge in [-0.15, -0.1) is 0 Å². The Morgan fingerprint density at radius 2 is 1.51 bits per heavy atom. The highest BCUT2D eigenvalue weighted by Crippen LogP contribution is 2.27. The zero-order valence-corrected chi connectivity index (χ0v) is 28.0. The van der Waals surface area contributed by atoms with Crippen molar-refractivity contribution in [1.82, 2.24) is 31.1 Å². The summed E-state index contributed by atoms with van der Waals surface area (Å²) in [6.07, 6.45) is -4.03. The number of nitrogens with zero attached hydrogens (tertiary/aromatic N) is 2. The van der Waals surface area contributed by atoms with Gasteiger partial charge in [-0.2, -0.15) is 0 Å². The van der Waals surface area contributed by atoms with E-state index in [0.717, 1.165) is 22.0 Å². The molecule has 3 aliphatic heterocycles. The van der Waals surface area contributed by atoms with Gasteiger partial charge in [-0.05, 0) is 30.5 Å². The van der Waals surface area contributed by atoms with E-state index in [-0.39, 0.29) is 32.1 Å². The molecule has 1 aromatic carbocycles. The highest BCUT2D eigenvalue weighted by Gasteiger charge is 2.55. The van der Waals surface area contributed by atoms with Crippen LogP contribution >= 0.6 is 0 Å². The van der Waals surface area contributed by atoms with E-state index in [0.29, 0.717) is 11.3 Å². The largest absolute Gasteiger partial charge is 0.388 e. The fraction of sp³-hybridized carbons (Fsp3) is 0.500. The van der Waals surface area contributed by atoms with Gasteiger partial charge in [0.25, 0.3) is 11.8 Å². The van der Waals surface area contributed by atoms with Crippen molar-refractivity contribution in [2.45, 2.75) is 76.4 Å². The molecule has 19 heteroatoms. The first-order valence-electron chi connectivity index (χ1n) is 16.1. The molecule has 1 aromatic rings. The number of hydrogen-bond acceptors (Lipinski definition) is 12. The first-order valence-corrected chi connectivity index (χ1v) is 16.1. The summed E-state index contributed by atoms with van der Waals surface area (Å²) in [4.78, 5) is 99.4. The number of imide groups is 1. The highest BCUT2D eigenvalue weighted by molar-refractivity contribution is 6.37. The SMILES string of the molecule is CC(C)C(NC(=O)CCNC(=O)CN1C(=O)C=CC1=O)C(=O)N[C@@H](C)C(=O)Nc1ccc(COC[C@@H]2[C@@H](O)[C@H](O)[C@H](O)[C@H]3NC(=O)C(=O)N23)cc1. The Kier molecular flexibility index (Phi) is 12.6. The number of piperidine rings is 1. The maximum Gasteiger partial charge on any atom is 0.314 e. The van der Waals surface area contributed by atoms with Crippen molar-refractivity contribution < 1.29 is 58.4 Å². The van der Waals surface area contributed by atoms with Gasteiger partial charge in [0.2, 0.25) is 23.6 Å². The van der Waals surface area contributed by atoms with Crippen LogP contribution in [0.25, 0.3) is 0 Å². The molecule has 4 rings (SSSR count). The smallest absolute Gasteiger partial charge is 0.314 e. The van der Waals surface area contributed by atoms with Crippen molar-refractivity contribution in [3.05, 3.63) is 42.0 Å². The monoisotopic (exact) mass is 715 g/mol. The number of benzene rings is 1. The molecule has 3 heterocycles. The summed E-state index contributed by atoms with van der Waals surface area (Å²) in [5, 5.41) is 43.3. The second kappa shape index (κ2) is 16.6.